The zero-order valence-corrected chi connectivity index (χ0v) is 13.6. The topological polar surface area (TPSA) is 56.3 Å². The highest BCUT2D eigenvalue weighted by molar-refractivity contribution is 5.25. The van der Waals surface area contributed by atoms with Crippen LogP contribution in [0.15, 0.2) is 6.20 Å². The van der Waals surface area contributed by atoms with E-state index in [1.165, 1.54) is 0 Å². The first-order valence-electron chi connectivity index (χ1n) is 7.90. The van der Waals surface area contributed by atoms with Crippen molar-refractivity contribution in [3.8, 4) is 5.75 Å². The van der Waals surface area contributed by atoms with Crippen molar-refractivity contribution in [2.24, 2.45) is 0 Å². The van der Waals surface area contributed by atoms with E-state index in [4.69, 9.17) is 9.47 Å². The molecule has 1 aliphatic rings. The number of nitrogens with zero attached hydrogens (tertiary/aromatic N) is 2. The molecule has 0 radical (unpaired) electrons. The molecule has 5 heteroatoms. The molecule has 1 unspecified atom stereocenters. The summed E-state index contributed by atoms with van der Waals surface area (Å²) in [5.41, 5.74) is 0.931. The van der Waals surface area contributed by atoms with Crippen LogP contribution in [0.5, 0.6) is 5.75 Å². The van der Waals surface area contributed by atoms with Gasteiger partial charge in [0, 0.05) is 25.1 Å². The molecule has 2 heterocycles. The molecule has 1 atom stereocenters. The summed E-state index contributed by atoms with van der Waals surface area (Å²) in [5.74, 6) is 1.94. The van der Waals surface area contributed by atoms with Gasteiger partial charge in [-0.3, -0.25) is 0 Å². The van der Waals surface area contributed by atoms with Gasteiger partial charge < -0.3 is 14.8 Å². The molecular formula is C16H27N3O2. The van der Waals surface area contributed by atoms with Gasteiger partial charge in [-0.2, -0.15) is 0 Å². The first-order chi connectivity index (χ1) is 10.1. The Morgan fingerprint density at radius 1 is 1.38 bits per heavy atom. The maximum absolute atomic E-state index is 5.90. The van der Waals surface area contributed by atoms with Gasteiger partial charge in [0.15, 0.2) is 5.75 Å². The second-order valence-electron chi connectivity index (χ2n) is 6.18. The van der Waals surface area contributed by atoms with Crippen LogP contribution < -0.4 is 10.1 Å². The molecule has 1 aromatic rings. The van der Waals surface area contributed by atoms with E-state index in [-0.39, 0.29) is 6.10 Å². The lowest BCUT2D eigenvalue weighted by Crippen LogP contribution is -2.24. The Balaban J connectivity index is 2.05. The predicted octanol–water partition coefficient (Wildman–Crippen LogP) is 2.66. The van der Waals surface area contributed by atoms with Crippen LogP contribution in [0.4, 0.5) is 0 Å². The van der Waals surface area contributed by atoms with E-state index in [0.29, 0.717) is 25.1 Å². The molecule has 1 aliphatic heterocycles. The highest BCUT2D eigenvalue weighted by atomic mass is 16.5. The Bertz CT molecular complexity index is 443. The van der Waals surface area contributed by atoms with Crippen molar-refractivity contribution in [3.05, 3.63) is 17.7 Å². The van der Waals surface area contributed by atoms with Gasteiger partial charge in [-0.05, 0) is 12.8 Å². The molecule has 1 saturated heterocycles. The molecule has 118 valence electrons. The summed E-state index contributed by atoms with van der Waals surface area (Å²) in [4.78, 5) is 9.06. The molecule has 1 N–H and O–H groups in total. The van der Waals surface area contributed by atoms with Crippen LogP contribution in [-0.2, 0) is 11.3 Å². The quantitative estimate of drug-likeness (QED) is 0.837. The molecule has 0 aliphatic carbocycles. The van der Waals surface area contributed by atoms with Crippen LogP contribution in [0.25, 0.3) is 0 Å². The molecule has 21 heavy (non-hydrogen) atoms. The van der Waals surface area contributed by atoms with Crippen molar-refractivity contribution >= 4 is 0 Å². The number of nitrogens with one attached hydrogen (secondary N) is 1. The third-order valence-electron chi connectivity index (χ3n) is 3.49. The zero-order chi connectivity index (χ0) is 15.2. The summed E-state index contributed by atoms with van der Waals surface area (Å²) >= 11 is 0. The standard InChI is InChI=1S/C16H27N3O2/c1-11(2)16-18-9-15(14(19-16)8-17-12(3)4)21-10-13-6-5-7-20-13/h9,11-13,17H,5-8,10H2,1-4H3. The van der Waals surface area contributed by atoms with E-state index in [0.717, 1.165) is 36.7 Å². The van der Waals surface area contributed by atoms with E-state index in [1.807, 2.05) is 0 Å². The van der Waals surface area contributed by atoms with Crippen LogP contribution in [0.3, 0.4) is 0 Å². The van der Waals surface area contributed by atoms with Crippen LogP contribution in [0.2, 0.25) is 0 Å². The van der Waals surface area contributed by atoms with Gasteiger partial charge >= 0.3 is 0 Å². The number of ether oxygens (including phenoxy) is 2. The summed E-state index contributed by atoms with van der Waals surface area (Å²) in [7, 11) is 0. The first kappa shape index (κ1) is 16.2. The van der Waals surface area contributed by atoms with Gasteiger partial charge in [-0.1, -0.05) is 27.7 Å². The van der Waals surface area contributed by atoms with E-state index in [9.17, 15) is 0 Å². The number of hydrogen-bond acceptors (Lipinski definition) is 5. The van der Waals surface area contributed by atoms with Crippen LogP contribution in [0, 0.1) is 0 Å². The second-order valence-corrected chi connectivity index (χ2v) is 6.18. The molecule has 1 aromatic heterocycles. The summed E-state index contributed by atoms with van der Waals surface area (Å²) in [6.45, 7) is 10.6. The monoisotopic (exact) mass is 293 g/mol. The maximum Gasteiger partial charge on any atom is 0.160 e. The Kier molecular flexibility index (Phi) is 5.94. The average Bonchev–Trinajstić information content (AvgIpc) is 2.96. The van der Waals surface area contributed by atoms with E-state index in [2.05, 4.69) is 43.0 Å². The molecule has 1 fully saturated rings. The van der Waals surface area contributed by atoms with Gasteiger partial charge in [0.05, 0.1) is 18.0 Å². The molecule has 2 rings (SSSR count). The van der Waals surface area contributed by atoms with Gasteiger partial charge in [0.2, 0.25) is 0 Å². The zero-order valence-electron chi connectivity index (χ0n) is 13.6. The fraction of sp³-hybridized carbons (Fsp3) is 0.750. The normalized spacial score (nSPS) is 18.7. The molecule has 0 bridgehead atoms. The van der Waals surface area contributed by atoms with Gasteiger partial charge in [0.1, 0.15) is 12.4 Å². The summed E-state index contributed by atoms with van der Waals surface area (Å²) in [5, 5.41) is 3.39. The molecular weight excluding hydrogens is 266 g/mol. The molecule has 0 saturated carbocycles. The first-order valence-corrected chi connectivity index (χ1v) is 7.90. The molecule has 0 aromatic carbocycles. The second kappa shape index (κ2) is 7.71. The fourth-order valence-electron chi connectivity index (χ4n) is 2.21. The van der Waals surface area contributed by atoms with E-state index in [1.54, 1.807) is 6.20 Å². The van der Waals surface area contributed by atoms with E-state index < -0.39 is 0 Å². The van der Waals surface area contributed by atoms with Gasteiger partial charge in [-0.15, -0.1) is 0 Å². The fourth-order valence-corrected chi connectivity index (χ4v) is 2.21. The average molecular weight is 293 g/mol. The lowest BCUT2D eigenvalue weighted by molar-refractivity contribution is 0.0672. The smallest absolute Gasteiger partial charge is 0.160 e. The van der Waals surface area contributed by atoms with E-state index >= 15 is 0 Å². The van der Waals surface area contributed by atoms with Gasteiger partial charge in [-0.25, -0.2) is 9.97 Å². The molecule has 0 spiro atoms. The Hall–Kier alpha value is -1.20. The third-order valence-corrected chi connectivity index (χ3v) is 3.49. The highest BCUT2D eigenvalue weighted by Crippen LogP contribution is 2.20. The minimum absolute atomic E-state index is 0.209. The van der Waals surface area contributed by atoms with Crippen molar-refractivity contribution in [1.29, 1.82) is 0 Å². The van der Waals surface area contributed by atoms with Crippen LogP contribution >= 0.6 is 0 Å². The van der Waals surface area contributed by atoms with Crippen LogP contribution in [0.1, 0.15) is 58.0 Å². The summed E-state index contributed by atoms with van der Waals surface area (Å²) < 4.78 is 11.5. The van der Waals surface area contributed by atoms with Crippen molar-refractivity contribution in [2.75, 3.05) is 13.2 Å². The molecule has 5 nitrogen and oxygen atoms in total. The Morgan fingerprint density at radius 2 is 2.19 bits per heavy atom. The Labute approximate surface area is 127 Å². The van der Waals surface area contributed by atoms with Crippen molar-refractivity contribution in [2.45, 2.75) is 65.1 Å². The van der Waals surface area contributed by atoms with Gasteiger partial charge in [0.25, 0.3) is 0 Å². The largest absolute Gasteiger partial charge is 0.487 e. The SMILES string of the molecule is CC(C)NCc1nc(C(C)C)ncc1OCC1CCCO1. The number of rotatable bonds is 7. The van der Waals surface area contributed by atoms with Crippen LogP contribution in [-0.4, -0.2) is 35.3 Å². The van der Waals surface area contributed by atoms with Crippen molar-refractivity contribution < 1.29 is 9.47 Å². The van der Waals surface area contributed by atoms with Crippen molar-refractivity contribution in [3.63, 3.8) is 0 Å². The minimum Gasteiger partial charge on any atom is -0.487 e. The lowest BCUT2D eigenvalue weighted by Gasteiger charge is -2.16. The third kappa shape index (κ3) is 4.93. The summed E-state index contributed by atoms with van der Waals surface area (Å²) in [6, 6.07) is 0.411. The lowest BCUT2D eigenvalue weighted by atomic mass is 10.2. The predicted molar refractivity (Wildman–Crippen MR) is 82.6 cm³/mol. The van der Waals surface area contributed by atoms with Crippen molar-refractivity contribution in [1.82, 2.24) is 15.3 Å². The number of hydrogen-bond donors (Lipinski definition) is 1. The maximum atomic E-state index is 5.90. The Morgan fingerprint density at radius 3 is 2.81 bits per heavy atom. The molecule has 0 amide bonds. The number of aromatic nitrogens is 2. The summed E-state index contributed by atoms with van der Waals surface area (Å²) in [6.07, 6.45) is 4.21. The highest BCUT2D eigenvalue weighted by Gasteiger charge is 2.18. The minimum atomic E-state index is 0.209.